The molecule has 0 radical (unpaired) electrons. The molecule has 3 nitrogen and oxygen atoms in total. The molecule has 1 aromatic rings. The molecule has 106 valence electrons. The standard InChI is InChI=1S/C16H25NO2/c1-3-16(9-4-10-16)13-17-11-12-19-15-7-5-14(18-2)6-8-15/h5-8,17H,3-4,9-13H2,1-2H3. The number of hydrogen-bond donors (Lipinski definition) is 1. The maximum atomic E-state index is 5.69. The van der Waals surface area contributed by atoms with Crippen LogP contribution in [0.15, 0.2) is 24.3 Å². The molecule has 3 heteroatoms. The Labute approximate surface area is 116 Å². The van der Waals surface area contributed by atoms with Gasteiger partial charge in [0.15, 0.2) is 0 Å². The van der Waals surface area contributed by atoms with Crippen molar-refractivity contribution in [1.29, 1.82) is 0 Å². The molecule has 0 saturated heterocycles. The maximum Gasteiger partial charge on any atom is 0.119 e. The first-order valence-corrected chi connectivity index (χ1v) is 7.25. The first kappa shape index (κ1) is 14.2. The van der Waals surface area contributed by atoms with Crippen LogP contribution in [-0.4, -0.2) is 26.8 Å². The molecule has 1 N–H and O–H groups in total. The molecule has 2 rings (SSSR count). The van der Waals surface area contributed by atoms with Gasteiger partial charge in [-0.3, -0.25) is 0 Å². The van der Waals surface area contributed by atoms with Gasteiger partial charge < -0.3 is 14.8 Å². The van der Waals surface area contributed by atoms with Crippen molar-refractivity contribution in [3.05, 3.63) is 24.3 Å². The highest BCUT2D eigenvalue weighted by Crippen LogP contribution is 2.42. The zero-order valence-electron chi connectivity index (χ0n) is 12.1. The van der Waals surface area contributed by atoms with Crippen LogP contribution in [0.3, 0.4) is 0 Å². The fourth-order valence-corrected chi connectivity index (χ4v) is 2.60. The number of nitrogens with one attached hydrogen (secondary N) is 1. The highest BCUT2D eigenvalue weighted by atomic mass is 16.5. The Kier molecular flexibility index (Phi) is 5.08. The minimum absolute atomic E-state index is 0.583. The van der Waals surface area contributed by atoms with Crippen LogP contribution in [0.1, 0.15) is 32.6 Å². The van der Waals surface area contributed by atoms with E-state index in [2.05, 4.69) is 12.2 Å². The van der Waals surface area contributed by atoms with Gasteiger partial charge in [0.1, 0.15) is 18.1 Å². The molecular weight excluding hydrogens is 238 g/mol. The number of benzene rings is 1. The molecule has 0 spiro atoms. The van der Waals surface area contributed by atoms with Crippen LogP contribution in [0.25, 0.3) is 0 Å². The summed E-state index contributed by atoms with van der Waals surface area (Å²) in [6, 6.07) is 7.73. The topological polar surface area (TPSA) is 30.5 Å². The quantitative estimate of drug-likeness (QED) is 0.730. The van der Waals surface area contributed by atoms with Gasteiger partial charge in [0.05, 0.1) is 7.11 Å². The normalized spacial score (nSPS) is 16.7. The van der Waals surface area contributed by atoms with Gasteiger partial charge in [-0.15, -0.1) is 0 Å². The van der Waals surface area contributed by atoms with E-state index in [1.54, 1.807) is 7.11 Å². The SMILES string of the molecule is CCC1(CNCCOc2ccc(OC)cc2)CCC1. The number of rotatable bonds is 8. The summed E-state index contributed by atoms with van der Waals surface area (Å²) < 4.78 is 10.8. The molecular formula is C16H25NO2. The third-order valence-corrected chi connectivity index (χ3v) is 4.27. The Morgan fingerprint density at radius 2 is 1.84 bits per heavy atom. The zero-order chi connectivity index (χ0) is 13.6. The highest BCUT2D eigenvalue weighted by molar-refractivity contribution is 5.31. The van der Waals surface area contributed by atoms with Crippen molar-refractivity contribution < 1.29 is 9.47 Å². The molecule has 0 unspecified atom stereocenters. The first-order chi connectivity index (χ1) is 9.28. The Morgan fingerprint density at radius 1 is 1.16 bits per heavy atom. The summed E-state index contributed by atoms with van der Waals surface area (Å²) in [6.07, 6.45) is 5.46. The van der Waals surface area contributed by atoms with E-state index < -0.39 is 0 Å². The van der Waals surface area contributed by atoms with E-state index in [1.165, 1.54) is 25.7 Å². The molecule has 0 bridgehead atoms. The van der Waals surface area contributed by atoms with Crippen LogP contribution in [0.4, 0.5) is 0 Å². The molecule has 19 heavy (non-hydrogen) atoms. The second-order valence-electron chi connectivity index (χ2n) is 5.41. The van der Waals surface area contributed by atoms with E-state index in [1.807, 2.05) is 24.3 Å². The molecule has 1 aromatic carbocycles. The minimum atomic E-state index is 0.583. The van der Waals surface area contributed by atoms with E-state index in [0.29, 0.717) is 12.0 Å². The Balaban J connectivity index is 1.61. The van der Waals surface area contributed by atoms with Crippen LogP contribution < -0.4 is 14.8 Å². The monoisotopic (exact) mass is 263 g/mol. The van der Waals surface area contributed by atoms with E-state index in [4.69, 9.17) is 9.47 Å². The van der Waals surface area contributed by atoms with Gasteiger partial charge in [0.25, 0.3) is 0 Å². The van der Waals surface area contributed by atoms with Crippen molar-refractivity contribution in [2.45, 2.75) is 32.6 Å². The molecule has 0 heterocycles. The van der Waals surface area contributed by atoms with Crippen molar-refractivity contribution in [3.8, 4) is 11.5 Å². The Hall–Kier alpha value is -1.22. The smallest absolute Gasteiger partial charge is 0.119 e. The van der Waals surface area contributed by atoms with Crippen LogP contribution in [0.2, 0.25) is 0 Å². The lowest BCUT2D eigenvalue weighted by Crippen LogP contribution is -2.40. The summed E-state index contributed by atoms with van der Waals surface area (Å²) in [4.78, 5) is 0. The van der Waals surface area contributed by atoms with Gasteiger partial charge in [-0.05, 0) is 48.9 Å². The first-order valence-electron chi connectivity index (χ1n) is 7.25. The van der Waals surface area contributed by atoms with Gasteiger partial charge >= 0.3 is 0 Å². The lowest BCUT2D eigenvalue weighted by atomic mass is 9.67. The summed E-state index contributed by atoms with van der Waals surface area (Å²) in [6.45, 7) is 5.06. The van der Waals surface area contributed by atoms with Crippen molar-refractivity contribution in [2.24, 2.45) is 5.41 Å². The summed E-state index contributed by atoms with van der Waals surface area (Å²) in [5, 5.41) is 3.52. The van der Waals surface area contributed by atoms with Gasteiger partial charge in [-0.1, -0.05) is 13.3 Å². The Bertz CT molecular complexity index is 365. The third kappa shape index (κ3) is 3.87. The van der Waals surface area contributed by atoms with E-state index in [0.717, 1.165) is 24.6 Å². The largest absolute Gasteiger partial charge is 0.497 e. The van der Waals surface area contributed by atoms with Crippen molar-refractivity contribution in [2.75, 3.05) is 26.8 Å². The van der Waals surface area contributed by atoms with Crippen LogP contribution in [0, 0.1) is 5.41 Å². The lowest BCUT2D eigenvalue weighted by Gasteiger charge is -2.41. The molecule has 1 saturated carbocycles. The number of hydrogen-bond acceptors (Lipinski definition) is 3. The number of methoxy groups -OCH3 is 1. The zero-order valence-corrected chi connectivity index (χ0v) is 12.1. The van der Waals surface area contributed by atoms with Gasteiger partial charge in [-0.25, -0.2) is 0 Å². The number of ether oxygens (including phenoxy) is 2. The molecule has 0 amide bonds. The fraction of sp³-hybridized carbons (Fsp3) is 0.625. The molecule has 1 aliphatic rings. The van der Waals surface area contributed by atoms with Crippen LogP contribution >= 0.6 is 0 Å². The summed E-state index contributed by atoms with van der Waals surface area (Å²) in [5.74, 6) is 1.76. The molecule has 0 aromatic heterocycles. The van der Waals surface area contributed by atoms with Crippen LogP contribution in [0.5, 0.6) is 11.5 Å². The maximum absolute atomic E-state index is 5.69. The van der Waals surface area contributed by atoms with Gasteiger partial charge in [-0.2, -0.15) is 0 Å². The average molecular weight is 263 g/mol. The van der Waals surface area contributed by atoms with Crippen molar-refractivity contribution in [1.82, 2.24) is 5.32 Å². The van der Waals surface area contributed by atoms with Crippen LogP contribution in [-0.2, 0) is 0 Å². The summed E-state index contributed by atoms with van der Waals surface area (Å²) >= 11 is 0. The minimum Gasteiger partial charge on any atom is -0.497 e. The highest BCUT2D eigenvalue weighted by Gasteiger charge is 2.34. The summed E-state index contributed by atoms with van der Waals surface area (Å²) in [7, 11) is 1.67. The van der Waals surface area contributed by atoms with Gasteiger partial charge in [0, 0.05) is 13.1 Å². The molecule has 0 atom stereocenters. The average Bonchev–Trinajstić information content (AvgIpc) is 2.42. The Morgan fingerprint density at radius 3 is 2.37 bits per heavy atom. The molecule has 0 aliphatic heterocycles. The van der Waals surface area contributed by atoms with E-state index >= 15 is 0 Å². The third-order valence-electron chi connectivity index (χ3n) is 4.27. The lowest BCUT2D eigenvalue weighted by molar-refractivity contribution is 0.122. The predicted octanol–water partition coefficient (Wildman–Crippen LogP) is 3.24. The van der Waals surface area contributed by atoms with E-state index in [9.17, 15) is 0 Å². The van der Waals surface area contributed by atoms with Gasteiger partial charge in [0.2, 0.25) is 0 Å². The van der Waals surface area contributed by atoms with E-state index in [-0.39, 0.29) is 0 Å². The fourth-order valence-electron chi connectivity index (χ4n) is 2.60. The predicted molar refractivity (Wildman–Crippen MR) is 77.9 cm³/mol. The van der Waals surface area contributed by atoms with Crippen molar-refractivity contribution >= 4 is 0 Å². The molecule has 1 fully saturated rings. The second kappa shape index (κ2) is 6.80. The summed E-state index contributed by atoms with van der Waals surface area (Å²) in [5.41, 5.74) is 0.583. The van der Waals surface area contributed by atoms with Crippen molar-refractivity contribution in [3.63, 3.8) is 0 Å². The molecule has 1 aliphatic carbocycles. The second-order valence-corrected chi connectivity index (χ2v) is 5.41.